The second-order valence-corrected chi connectivity index (χ2v) is 8.54. The first kappa shape index (κ1) is 22.5. The number of benzene rings is 2. The molecule has 6 heteroatoms. The van der Waals surface area contributed by atoms with Crippen LogP contribution in [-0.4, -0.2) is 35.1 Å². The molecule has 0 radical (unpaired) electrons. The Morgan fingerprint density at radius 2 is 1.89 bits per heavy atom. The van der Waals surface area contributed by atoms with Crippen molar-refractivity contribution in [2.75, 3.05) is 12.3 Å². The molecule has 0 bridgehead atoms. The van der Waals surface area contributed by atoms with Gasteiger partial charge in [0.15, 0.2) is 0 Å². The van der Waals surface area contributed by atoms with Crippen LogP contribution in [0, 0.1) is 0 Å². The van der Waals surface area contributed by atoms with E-state index in [9.17, 15) is 9.59 Å². The largest absolute Gasteiger partial charge is 0.354 e. The van der Waals surface area contributed by atoms with Gasteiger partial charge in [0.25, 0.3) is 0 Å². The fourth-order valence-electron chi connectivity index (χ4n) is 2.70. The lowest BCUT2D eigenvalue weighted by Gasteiger charge is -2.29. The minimum absolute atomic E-state index is 0.0491. The van der Waals surface area contributed by atoms with Crippen molar-refractivity contribution in [3.63, 3.8) is 0 Å². The molecule has 28 heavy (non-hydrogen) atoms. The molecule has 0 spiro atoms. The third kappa shape index (κ3) is 7.32. The van der Waals surface area contributed by atoms with E-state index in [0.717, 1.165) is 27.8 Å². The quantitative estimate of drug-likeness (QED) is 0.404. The van der Waals surface area contributed by atoms with E-state index in [-0.39, 0.29) is 11.8 Å². The maximum absolute atomic E-state index is 13.0. The SMILES string of the molecule is CCCCNC(=O)C(C)N(Cc1cccc(Br)c1)C(=O)CSc1ccccc1. The average molecular weight is 463 g/mol. The van der Waals surface area contributed by atoms with E-state index < -0.39 is 6.04 Å². The molecule has 0 fully saturated rings. The molecule has 4 nitrogen and oxygen atoms in total. The van der Waals surface area contributed by atoms with Crippen molar-refractivity contribution in [2.45, 2.75) is 44.2 Å². The van der Waals surface area contributed by atoms with Crippen LogP contribution in [0.1, 0.15) is 32.3 Å². The third-order valence-corrected chi connectivity index (χ3v) is 5.83. The van der Waals surface area contributed by atoms with Crippen LogP contribution in [0.4, 0.5) is 0 Å². The molecule has 1 atom stereocenters. The van der Waals surface area contributed by atoms with E-state index in [1.54, 1.807) is 11.8 Å². The Kier molecular flexibility index (Phi) is 9.58. The van der Waals surface area contributed by atoms with Crippen molar-refractivity contribution < 1.29 is 9.59 Å². The Hall–Kier alpha value is -1.79. The fraction of sp³-hybridized carbons (Fsp3) is 0.364. The van der Waals surface area contributed by atoms with Gasteiger partial charge in [-0.1, -0.05) is 59.6 Å². The van der Waals surface area contributed by atoms with Crippen molar-refractivity contribution in [2.24, 2.45) is 0 Å². The van der Waals surface area contributed by atoms with Crippen molar-refractivity contribution >= 4 is 39.5 Å². The molecule has 0 aromatic heterocycles. The molecule has 1 unspecified atom stereocenters. The van der Waals surface area contributed by atoms with Crippen LogP contribution in [0.3, 0.4) is 0 Å². The van der Waals surface area contributed by atoms with Gasteiger partial charge >= 0.3 is 0 Å². The molecule has 0 aliphatic rings. The first-order valence-electron chi connectivity index (χ1n) is 9.50. The summed E-state index contributed by atoms with van der Waals surface area (Å²) in [6.07, 6.45) is 1.95. The molecule has 2 rings (SSSR count). The molecule has 0 saturated carbocycles. The molecular formula is C22H27BrN2O2S. The Labute approximate surface area is 180 Å². The number of unbranched alkanes of at least 4 members (excludes halogenated alkanes) is 1. The zero-order valence-corrected chi connectivity index (χ0v) is 18.8. The fourth-order valence-corrected chi connectivity index (χ4v) is 3.95. The average Bonchev–Trinajstić information content (AvgIpc) is 2.70. The minimum Gasteiger partial charge on any atom is -0.354 e. The highest BCUT2D eigenvalue weighted by molar-refractivity contribution is 9.10. The second kappa shape index (κ2) is 11.9. The van der Waals surface area contributed by atoms with E-state index in [2.05, 4.69) is 28.2 Å². The van der Waals surface area contributed by atoms with E-state index in [4.69, 9.17) is 0 Å². The number of carbonyl (C=O) groups excluding carboxylic acids is 2. The molecule has 150 valence electrons. The summed E-state index contributed by atoms with van der Waals surface area (Å²) in [4.78, 5) is 28.3. The van der Waals surface area contributed by atoms with E-state index in [0.29, 0.717) is 18.8 Å². The van der Waals surface area contributed by atoms with Gasteiger partial charge in [-0.3, -0.25) is 9.59 Å². The molecule has 0 heterocycles. The summed E-state index contributed by atoms with van der Waals surface area (Å²) in [7, 11) is 0. The smallest absolute Gasteiger partial charge is 0.242 e. The molecule has 1 N–H and O–H groups in total. The van der Waals surface area contributed by atoms with Gasteiger partial charge in [-0.2, -0.15) is 0 Å². The Morgan fingerprint density at radius 1 is 1.14 bits per heavy atom. The highest BCUT2D eigenvalue weighted by atomic mass is 79.9. The molecule has 0 aliphatic carbocycles. The van der Waals surface area contributed by atoms with Crippen LogP contribution in [0.5, 0.6) is 0 Å². The van der Waals surface area contributed by atoms with Crippen molar-refractivity contribution in [1.29, 1.82) is 0 Å². The van der Waals surface area contributed by atoms with Crippen LogP contribution in [0.15, 0.2) is 64.0 Å². The summed E-state index contributed by atoms with van der Waals surface area (Å²) in [5, 5.41) is 2.94. The molecule has 2 aromatic carbocycles. The molecule has 2 amide bonds. The van der Waals surface area contributed by atoms with Crippen molar-refractivity contribution in [3.05, 3.63) is 64.6 Å². The standard InChI is InChI=1S/C22H27BrN2O2S/c1-3-4-13-24-22(27)17(2)25(15-18-9-8-10-19(23)14-18)21(26)16-28-20-11-6-5-7-12-20/h5-12,14,17H,3-4,13,15-16H2,1-2H3,(H,24,27). The molecular weight excluding hydrogens is 436 g/mol. The first-order valence-corrected chi connectivity index (χ1v) is 11.3. The molecule has 0 aliphatic heterocycles. The number of thioether (sulfide) groups is 1. The number of hydrogen-bond acceptors (Lipinski definition) is 3. The van der Waals surface area contributed by atoms with Crippen LogP contribution >= 0.6 is 27.7 Å². The summed E-state index contributed by atoms with van der Waals surface area (Å²) in [6, 6.07) is 17.1. The highest BCUT2D eigenvalue weighted by Gasteiger charge is 2.26. The summed E-state index contributed by atoms with van der Waals surface area (Å²) in [5.41, 5.74) is 0.987. The number of nitrogens with one attached hydrogen (secondary N) is 1. The monoisotopic (exact) mass is 462 g/mol. The Balaban J connectivity index is 2.09. The maximum atomic E-state index is 13.0. The Bertz CT molecular complexity index is 770. The van der Waals surface area contributed by atoms with Gasteiger partial charge in [0.2, 0.25) is 11.8 Å². The van der Waals surface area contributed by atoms with E-state index in [1.807, 2.05) is 54.6 Å². The van der Waals surface area contributed by atoms with Crippen molar-refractivity contribution in [3.8, 4) is 0 Å². The zero-order chi connectivity index (χ0) is 20.4. The van der Waals surface area contributed by atoms with Gasteiger partial charge < -0.3 is 10.2 Å². The maximum Gasteiger partial charge on any atom is 0.242 e. The van der Waals surface area contributed by atoms with Crippen LogP contribution in [-0.2, 0) is 16.1 Å². The number of rotatable bonds is 10. The van der Waals surface area contributed by atoms with Gasteiger partial charge in [-0.05, 0) is 43.2 Å². The molecule has 2 aromatic rings. The van der Waals surface area contributed by atoms with Crippen molar-refractivity contribution in [1.82, 2.24) is 10.2 Å². The number of halogens is 1. The number of hydrogen-bond donors (Lipinski definition) is 1. The third-order valence-electron chi connectivity index (χ3n) is 4.34. The lowest BCUT2D eigenvalue weighted by Crippen LogP contribution is -2.48. The number of nitrogens with zero attached hydrogens (tertiary/aromatic N) is 1. The van der Waals surface area contributed by atoms with Gasteiger partial charge in [-0.25, -0.2) is 0 Å². The van der Waals surface area contributed by atoms with E-state index in [1.165, 1.54) is 11.8 Å². The normalized spacial score (nSPS) is 11.7. The van der Waals surface area contributed by atoms with Crippen LogP contribution in [0.2, 0.25) is 0 Å². The summed E-state index contributed by atoms with van der Waals surface area (Å²) < 4.78 is 0.955. The van der Waals surface area contributed by atoms with Gasteiger partial charge in [0.1, 0.15) is 6.04 Å². The molecule has 0 saturated heterocycles. The van der Waals surface area contributed by atoms with Gasteiger partial charge in [0, 0.05) is 22.5 Å². The lowest BCUT2D eigenvalue weighted by molar-refractivity contribution is -0.138. The van der Waals surface area contributed by atoms with E-state index >= 15 is 0 Å². The van der Waals surface area contributed by atoms with Gasteiger partial charge in [0.05, 0.1) is 5.75 Å². The first-order chi connectivity index (χ1) is 13.5. The van der Waals surface area contributed by atoms with Crippen LogP contribution in [0.25, 0.3) is 0 Å². The summed E-state index contributed by atoms with van der Waals surface area (Å²) in [6.45, 7) is 4.91. The highest BCUT2D eigenvalue weighted by Crippen LogP contribution is 2.20. The van der Waals surface area contributed by atoms with Crippen LogP contribution < -0.4 is 5.32 Å². The lowest BCUT2D eigenvalue weighted by atomic mass is 10.1. The number of carbonyl (C=O) groups is 2. The number of amides is 2. The Morgan fingerprint density at radius 3 is 2.57 bits per heavy atom. The summed E-state index contributed by atoms with van der Waals surface area (Å²) in [5.74, 6) is 0.137. The zero-order valence-electron chi connectivity index (χ0n) is 16.4. The summed E-state index contributed by atoms with van der Waals surface area (Å²) >= 11 is 4.96. The topological polar surface area (TPSA) is 49.4 Å². The minimum atomic E-state index is -0.528. The van der Waals surface area contributed by atoms with Gasteiger partial charge in [-0.15, -0.1) is 11.8 Å². The second-order valence-electron chi connectivity index (χ2n) is 6.57. The predicted octanol–water partition coefficient (Wildman–Crippen LogP) is 4.87. The predicted molar refractivity (Wildman–Crippen MR) is 119 cm³/mol.